The molecule has 108 valence electrons. The number of nitrogens with one attached hydrogen (secondary N) is 1. The Kier molecular flexibility index (Phi) is 3.98. The number of hydrogen-bond donors (Lipinski definition) is 1. The molecule has 1 aromatic carbocycles. The van der Waals surface area contributed by atoms with E-state index in [1.54, 1.807) is 4.68 Å². The molecule has 5 nitrogen and oxygen atoms in total. The minimum absolute atomic E-state index is 0.174. The summed E-state index contributed by atoms with van der Waals surface area (Å²) >= 11 is 7.17. The van der Waals surface area contributed by atoms with E-state index in [2.05, 4.69) is 15.1 Å². The van der Waals surface area contributed by atoms with Gasteiger partial charge in [-0.25, -0.2) is 9.67 Å². The Morgan fingerprint density at radius 3 is 2.76 bits per heavy atom. The predicted octanol–water partition coefficient (Wildman–Crippen LogP) is 2.61. The molecule has 1 N–H and O–H groups in total. The van der Waals surface area contributed by atoms with Gasteiger partial charge in [0.25, 0.3) is 5.56 Å². The summed E-state index contributed by atoms with van der Waals surface area (Å²) in [5, 5.41) is 5.69. The van der Waals surface area contributed by atoms with Crippen molar-refractivity contribution in [3.63, 3.8) is 0 Å². The van der Waals surface area contributed by atoms with E-state index in [9.17, 15) is 4.79 Å². The molecule has 2 heterocycles. The van der Waals surface area contributed by atoms with Crippen LogP contribution in [0.4, 0.5) is 0 Å². The largest absolute Gasteiger partial charge is 0.310 e. The van der Waals surface area contributed by atoms with Crippen molar-refractivity contribution in [1.29, 1.82) is 0 Å². The first kappa shape index (κ1) is 14.2. The van der Waals surface area contributed by atoms with E-state index in [-0.39, 0.29) is 5.56 Å². The molecule has 7 heteroatoms. The Hall–Kier alpha value is -1.79. The van der Waals surface area contributed by atoms with E-state index < -0.39 is 0 Å². The van der Waals surface area contributed by atoms with Crippen molar-refractivity contribution in [2.45, 2.75) is 11.4 Å². The Balaban J connectivity index is 2.32. The molecule has 0 aliphatic heterocycles. The molecule has 21 heavy (non-hydrogen) atoms. The van der Waals surface area contributed by atoms with E-state index >= 15 is 0 Å². The van der Waals surface area contributed by atoms with Crippen LogP contribution in [-0.2, 0) is 6.42 Å². The first-order chi connectivity index (χ1) is 10.2. The summed E-state index contributed by atoms with van der Waals surface area (Å²) in [6.45, 7) is 0. The fourth-order valence-electron chi connectivity index (χ4n) is 2.14. The molecule has 0 radical (unpaired) electrons. The Morgan fingerprint density at radius 2 is 2.10 bits per heavy atom. The van der Waals surface area contributed by atoms with Crippen LogP contribution in [0.1, 0.15) is 5.82 Å². The number of halogens is 1. The molecule has 0 aliphatic carbocycles. The summed E-state index contributed by atoms with van der Waals surface area (Å²) in [5.41, 5.74) is 1.26. The highest BCUT2D eigenvalue weighted by Crippen LogP contribution is 2.24. The van der Waals surface area contributed by atoms with Crippen LogP contribution in [0.15, 0.2) is 40.2 Å². The van der Waals surface area contributed by atoms with Crippen molar-refractivity contribution in [3.8, 4) is 5.69 Å². The molecule has 0 unspecified atom stereocenters. The topological polar surface area (TPSA) is 63.6 Å². The molecule has 0 saturated heterocycles. The molecule has 3 aromatic rings. The van der Waals surface area contributed by atoms with E-state index in [1.165, 1.54) is 11.8 Å². The maximum absolute atomic E-state index is 12.3. The Bertz CT molecular complexity index is 828. The summed E-state index contributed by atoms with van der Waals surface area (Å²) < 4.78 is 1.70. The van der Waals surface area contributed by atoms with Gasteiger partial charge in [0.1, 0.15) is 16.2 Å². The van der Waals surface area contributed by atoms with Gasteiger partial charge in [0, 0.05) is 12.3 Å². The SMILES string of the molecule is CSc1nn(-c2ccccc2)c2nc(CCCl)[nH]c(=O)c12. The number of aromatic nitrogens is 4. The van der Waals surface area contributed by atoms with Crippen LogP contribution in [0.5, 0.6) is 0 Å². The van der Waals surface area contributed by atoms with Crippen LogP contribution < -0.4 is 5.56 Å². The molecule has 2 aromatic heterocycles. The fraction of sp³-hybridized carbons (Fsp3) is 0.214. The summed E-state index contributed by atoms with van der Waals surface area (Å²) in [7, 11) is 0. The van der Waals surface area contributed by atoms with Crippen molar-refractivity contribution in [2.75, 3.05) is 12.1 Å². The average Bonchev–Trinajstić information content (AvgIpc) is 2.88. The number of aromatic amines is 1. The number of aryl methyl sites for hydroxylation is 1. The van der Waals surface area contributed by atoms with E-state index in [4.69, 9.17) is 11.6 Å². The maximum Gasteiger partial charge on any atom is 0.263 e. The fourth-order valence-corrected chi connectivity index (χ4v) is 2.87. The number of fused-ring (bicyclic) bond motifs is 1. The second kappa shape index (κ2) is 5.91. The smallest absolute Gasteiger partial charge is 0.263 e. The van der Waals surface area contributed by atoms with Gasteiger partial charge < -0.3 is 4.98 Å². The van der Waals surface area contributed by atoms with Gasteiger partial charge in [0.05, 0.1) is 5.69 Å². The molecule has 0 saturated carbocycles. The lowest BCUT2D eigenvalue weighted by Gasteiger charge is -2.03. The third-order valence-corrected chi connectivity index (χ3v) is 3.94. The number of H-pyrrole nitrogens is 1. The van der Waals surface area contributed by atoms with Gasteiger partial charge in [0.2, 0.25) is 0 Å². The van der Waals surface area contributed by atoms with Crippen molar-refractivity contribution in [3.05, 3.63) is 46.5 Å². The molecule has 0 bridgehead atoms. The first-order valence-electron chi connectivity index (χ1n) is 6.42. The van der Waals surface area contributed by atoms with Crippen LogP contribution in [0.2, 0.25) is 0 Å². The van der Waals surface area contributed by atoms with Crippen molar-refractivity contribution >= 4 is 34.4 Å². The molecular formula is C14H13ClN4OS. The number of nitrogens with zero attached hydrogens (tertiary/aromatic N) is 3. The highest BCUT2D eigenvalue weighted by atomic mass is 35.5. The summed E-state index contributed by atoms with van der Waals surface area (Å²) in [4.78, 5) is 19.6. The van der Waals surface area contributed by atoms with Crippen LogP contribution in [0, 0.1) is 0 Å². The standard InChI is InChI=1S/C14H13ClN4OS/c1-21-14-11-12(16-10(7-8-15)17-13(11)20)19(18-14)9-5-3-2-4-6-9/h2-6H,7-8H2,1H3,(H,16,17,20). The van der Waals surface area contributed by atoms with Gasteiger partial charge >= 0.3 is 0 Å². The van der Waals surface area contributed by atoms with Crippen molar-refractivity contribution < 1.29 is 0 Å². The number of thioether (sulfide) groups is 1. The van der Waals surface area contributed by atoms with Crippen LogP contribution in [0.25, 0.3) is 16.7 Å². The van der Waals surface area contributed by atoms with E-state index in [1.807, 2.05) is 36.6 Å². The number of rotatable bonds is 4. The average molecular weight is 321 g/mol. The zero-order chi connectivity index (χ0) is 14.8. The molecule has 0 spiro atoms. The molecule has 3 rings (SSSR count). The second-order valence-electron chi connectivity index (χ2n) is 4.41. The zero-order valence-electron chi connectivity index (χ0n) is 11.3. The van der Waals surface area contributed by atoms with Crippen LogP contribution >= 0.6 is 23.4 Å². The van der Waals surface area contributed by atoms with E-state index in [0.717, 1.165) is 5.69 Å². The lowest BCUT2D eigenvalue weighted by molar-refractivity contribution is 0.844. The number of para-hydroxylation sites is 1. The van der Waals surface area contributed by atoms with Gasteiger partial charge in [-0.2, -0.15) is 5.10 Å². The number of alkyl halides is 1. The van der Waals surface area contributed by atoms with Gasteiger partial charge in [-0.1, -0.05) is 18.2 Å². The molecule has 0 amide bonds. The highest BCUT2D eigenvalue weighted by molar-refractivity contribution is 7.98. The first-order valence-corrected chi connectivity index (χ1v) is 8.18. The minimum Gasteiger partial charge on any atom is -0.310 e. The van der Waals surface area contributed by atoms with Gasteiger partial charge in [-0.15, -0.1) is 23.4 Å². The van der Waals surface area contributed by atoms with Gasteiger partial charge in [0.15, 0.2) is 5.65 Å². The summed E-state index contributed by atoms with van der Waals surface area (Å²) in [6, 6.07) is 9.65. The van der Waals surface area contributed by atoms with E-state index in [0.29, 0.717) is 34.2 Å². The number of benzene rings is 1. The molecular weight excluding hydrogens is 308 g/mol. The molecule has 0 aliphatic rings. The maximum atomic E-state index is 12.3. The molecule has 0 fully saturated rings. The normalized spacial score (nSPS) is 11.1. The van der Waals surface area contributed by atoms with Gasteiger partial charge in [-0.3, -0.25) is 4.79 Å². The van der Waals surface area contributed by atoms with Crippen LogP contribution in [0.3, 0.4) is 0 Å². The Labute approximate surface area is 130 Å². The third kappa shape index (κ3) is 2.56. The lowest BCUT2D eigenvalue weighted by Crippen LogP contribution is -2.13. The third-order valence-electron chi connectivity index (χ3n) is 3.08. The Morgan fingerprint density at radius 1 is 1.33 bits per heavy atom. The van der Waals surface area contributed by atoms with Crippen LogP contribution in [-0.4, -0.2) is 31.9 Å². The van der Waals surface area contributed by atoms with Crippen molar-refractivity contribution in [2.24, 2.45) is 0 Å². The predicted molar refractivity (Wildman–Crippen MR) is 85.7 cm³/mol. The second-order valence-corrected chi connectivity index (χ2v) is 5.58. The minimum atomic E-state index is -0.174. The zero-order valence-corrected chi connectivity index (χ0v) is 12.9. The summed E-state index contributed by atoms with van der Waals surface area (Å²) in [6.07, 6.45) is 2.41. The van der Waals surface area contributed by atoms with Crippen molar-refractivity contribution in [1.82, 2.24) is 19.7 Å². The quantitative estimate of drug-likeness (QED) is 0.593. The summed E-state index contributed by atoms with van der Waals surface area (Å²) in [5.74, 6) is 0.982. The highest BCUT2D eigenvalue weighted by Gasteiger charge is 2.17. The molecule has 0 atom stereocenters. The van der Waals surface area contributed by atoms with Gasteiger partial charge in [-0.05, 0) is 18.4 Å². The number of hydrogen-bond acceptors (Lipinski definition) is 4. The monoisotopic (exact) mass is 320 g/mol. The lowest BCUT2D eigenvalue weighted by atomic mass is 10.3.